The van der Waals surface area contributed by atoms with E-state index in [0.717, 1.165) is 16.8 Å². The van der Waals surface area contributed by atoms with Crippen LogP contribution in [0.5, 0.6) is 0 Å². The summed E-state index contributed by atoms with van der Waals surface area (Å²) in [7, 11) is -3.24. The third-order valence-corrected chi connectivity index (χ3v) is 6.96. The fourth-order valence-corrected chi connectivity index (χ4v) is 5.09. The van der Waals surface area contributed by atoms with E-state index in [9.17, 15) is 13.2 Å². The normalized spacial score (nSPS) is 22.7. The number of ether oxygens (including phenoxy) is 1. The van der Waals surface area contributed by atoms with Gasteiger partial charge in [-0.25, -0.2) is 13.1 Å². The summed E-state index contributed by atoms with van der Waals surface area (Å²) in [5, 5.41) is 8.47. The lowest BCUT2D eigenvalue weighted by Crippen LogP contribution is -2.48. The van der Waals surface area contributed by atoms with Gasteiger partial charge in [-0.15, -0.1) is 5.10 Å². The Hall–Kier alpha value is -2.30. The van der Waals surface area contributed by atoms with Crippen LogP contribution in [0.15, 0.2) is 18.2 Å². The molecule has 1 aromatic heterocycles. The Morgan fingerprint density at radius 2 is 1.90 bits per heavy atom. The van der Waals surface area contributed by atoms with Gasteiger partial charge in [0.2, 0.25) is 10.0 Å². The number of benzene rings is 1. The van der Waals surface area contributed by atoms with Crippen molar-refractivity contribution in [2.75, 3.05) is 25.9 Å². The summed E-state index contributed by atoms with van der Waals surface area (Å²) in [6.45, 7) is 7.56. The number of carbonyl (C=O) groups excluding carboxylic acids is 1. The van der Waals surface area contributed by atoms with Crippen LogP contribution in [0, 0.1) is 6.92 Å². The molecule has 1 saturated heterocycles. The zero-order chi connectivity index (χ0) is 21.6. The van der Waals surface area contributed by atoms with Crippen molar-refractivity contribution in [3.63, 3.8) is 0 Å². The van der Waals surface area contributed by atoms with Crippen LogP contribution >= 0.6 is 0 Å². The molecule has 0 saturated carbocycles. The largest absolute Gasteiger partial charge is 0.372 e. The van der Waals surface area contributed by atoms with E-state index in [2.05, 4.69) is 10.3 Å². The van der Waals surface area contributed by atoms with E-state index in [1.165, 1.54) is 10.6 Å². The molecule has 1 aromatic carbocycles. The number of nitrogens with zero attached hydrogens (tertiary/aromatic N) is 5. The standard InChI is InChI=1S/C20H27N5O4S/c1-13-10-23(11-14(2)29-13)20(26)19-15(3)25(22-21-19)18-7-5-6-16-12-24(30(4,27)28)9-8-17(16)18/h5-7,13-14H,8-12H2,1-4H3. The number of morpholine rings is 1. The Bertz CT molecular complexity index is 1070. The number of sulfonamides is 1. The molecule has 0 spiro atoms. The molecule has 2 aromatic rings. The summed E-state index contributed by atoms with van der Waals surface area (Å²) in [4.78, 5) is 14.8. The molecule has 162 valence electrons. The molecule has 0 aliphatic carbocycles. The first-order valence-electron chi connectivity index (χ1n) is 10.1. The van der Waals surface area contributed by atoms with E-state index in [1.54, 1.807) is 9.58 Å². The number of hydrogen-bond acceptors (Lipinski definition) is 6. The Balaban J connectivity index is 1.65. The van der Waals surface area contributed by atoms with Crippen molar-refractivity contribution in [2.45, 2.75) is 45.9 Å². The van der Waals surface area contributed by atoms with Gasteiger partial charge in [0.1, 0.15) is 0 Å². The van der Waals surface area contributed by atoms with Crippen molar-refractivity contribution in [1.29, 1.82) is 0 Å². The maximum absolute atomic E-state index is 13.1. The van der Waals surface area contributed by atoms with E-state index in [4.69, 9.17) is 4.74 Å². The number of rotatable bonds is 3. The van der Waals surface area contributed by atoms with Gasteiger partial charge in [-0.3, -0.25) is 4.79 Å². The first-order chi connectivity index (χ1) is 14.1. The quantitative estimate of drug-likeness (QED) is 0.720. The minimum atomic E-state index is -3.24. The fraction of sp³-hybridized carbons (Fsp3) is 0.550. The molecule has 2 aliphatic heterocycles. The molecular formula is C20H27N5O4S. The lowest BCUT2D eigenvalue weighted by Gasteiger charge is -2.34. The van der Waals surface area contributed by atoms with Crippen LogP contribution in [0.3, 0.4) is 0 Å². The molecule has 2 atom stereocenters. The van der Waals surface area contributed by atoms with Gasteiger partial charge >= 0.3 is 0 Å². The summed E-state index contributed by atoms with van der Waals surface area (Å²) < 4.78 is 32.7. The smallest absolute Gasteiger partial charge is 0.276 e. The van der Waals surface area contributed by atoms with Crippen molar-refractivity contribution in [2.24, 2.45) is 0 Å². The number of aromatic nitrogens is 3. The predicted molar refractivity (Wildman–Crippen MR) is 111 cm³/mol. The summed E-state index contributed by atoms with van der Waals surface area (Å²) >= 11 is 0. The minimum Gasteiger partial charge on any atom is -0.372 e. The van der Waals surface area contributed by atoms with Gasteiger partial charge in [-0.05, 0) is 44.4 Å². The number of carbonyl (C=O) groups is 1. The molecule has 2 aliphatic rings. The number of fused-ring (bicyclic) bond motifs is 1. The van der Waals surface area contributed by atoms with Crippen LogP contribution in [0.25, 0.3) is 5.69 Å². The summed E-state index contributed by atoms with van der Waals surface area (Å²) in [5.74, 6) is -0.145. The average Bonchev–Trinajstić information content (AvgIpc) is 3.06. The molecule has 9 nitrogen and oxygen atoms in total. The molecule has 0 bridgehead atoms. The lowest BCUT2D eigenvalue weighted by molar-refractivity contribution is -0.0587. The van der Waals surface area contributed by atoms with Gasteiger partial charge < -0.3 is 9.64 Å². The van der Waals surface area contributed by atoms with E-state index < -0.39 is 10.0 Å². The molecule has 1 fully saturated rings. The van der Waals surface area contributed by atoms with Crippen LogP contribution in [0.2, 0.25) is 0 Å². The lowest BCUT2D eigenvalue weighted by atomic mass is 9.99. The summed E-state index contributed by atoms with van der Waals surface area (Å²) in [6, 6.07) is 5.75. The molecule has 10 heteroatoms. The zero-order valence-electron chi connectivity index (χ0n) is 17.7. The SMILES string of the molecule is Cc1c(C(=O)N2CC(C)OC(C)C2)nnn1-c1cccc2c1CCN(S(C)(=O)=O)C2. The van der Waals surface area contributed by atoms with Crippen LogP contribution in [0.4, 0.5) is 0 Å². The van der Waals surface area contributed by atoms with E-state index in [1.807, 2.05) is 39.0 Å². The van der Waals surface area contributed by atoms with E-state index in [0.29, 0.717) is 44.0 Å². The highest BCUT2D eigenvalue weighted by Gasteiger charge is 2.31. The maximum atomic E-state index is 13.1. The molecule has 3 heterocycles. The van der Waals surface area contributed by atoms with Crippen molar-refractivity contribution in [1.82, 2.24) is 24.2 Å². The average molecular weight is 434 g/mol. The highest BCUT2D eigenvalue weighted by Crippen LogP contribution is 2.27. The third-order valence-electron chi connectivity index (χ3n) is 5.71. The monoisotopic (exact) mass is 433 g/mol. The van der Waals surface area contributed by atoms with Gasteiger partial charge in [0.25, 0.3) is 5.91 Å². The highest BCUT2D eigenvalue weighted by molar-refractivity contribution is 7.88. The molecule has 0 radical (unpaired) electrons. The predicted octanol–water partition coefficient (Wildman–Crippen LogP) is 1.14. The Labute approximate surface area is 176 Å². The van der Waals surface area contributed by atoms with Crippen molar-refractivity contribution in [3.8, 4) is 5.69 Å². The molecule has 1 amide bonds. The van der Waals surface area contributed by atoms with Gasteiger partial charge in [0.15, 0.2) is 5.69 Å². The fourth-order valence-electron chi connectivity index (χ4n) is 4.29. The summed E-state index contributed by atoms with van der Waals surface area (Å²) in [6.07, 6.45) is 1.77. The van der Waals surface area contributed by atoms with Crippen molar-refractivity contribution in [3.05, 3.63) is 40.7 Å². The molecule has 0 N–H and O–H groups in total. The minimum absolute atomic E-state index is 0.0213. The van der Waals surface area contributed by atoms with Crippen LogP contribution in [0.1, 0.15) is 41.2 Å². The number of amides is 1. The zero-order valence-corrected chi connectivity index (χ0v) is 18.5. The molecule has 2 unspecified atom stereocenters. The third kappa shape index (κ3) is 3.86. The Morgan fingerprint density at radius 3 is 2.57 bits per heavy atom. The van der Waals surface area contributed by atoms with Crippen LogP contribution < -0.4 is 0 Å². The van der Waals surface area contributed by atoms with Crippen LogP contribution in [-0.4, -0.2) is 76.6 Å². The van der Waals surface area contributed by atoms with Gasteiger partial charge in [-0.1, -0.05) is 17.3 Å². The topological polar surface area (TPSA) is 97.6 Å². The van der Waals surface area contributed by atoms with Crippen molar-refractivity contribution >= 4 is 15.9 Å². The van der Waals surface area contributed by atoms with E-state index >= 15 is 0 Å². The van der Waals surface area contributed by atoms with Gasteiger partial charge in [-0.2, -0.15) is 4.31 Å². The summed E-state index contributed by atoms with van der Waals surface area (Å²) in [5.41, 5.74) is 3.84. The number of hydrogen-bond donors (Lipinski definition) is 0. The maximum Gasteiger partial charge on any atom is 0.276 e. The Morgan fingerprint density at radius 1 is 1.20 bits per heavy atom. The van der Waals surface area contributed by atoms with Gasteiger partial charge in [0, 0.05) is 26.2 Å². The molecule has 4 rings (SSSR count). The second kappa shape index (κ2) is 7.75. The Kier molecular flexibility index (Phi) is 5.41. The van der Waals surface area contributed by atoms with Crippen molar-refractivity contribution < 1.29 is 17.9 Å². The van der Waals surface area contributed by atoms with E-state index in [-0.39, 0.29) is 18.1 Å². The van der Waals surface area contributed by atoms with Crippen LogP contribution in [-0.2, 0) is 27.7 Å². The molecule has 30 heavy (non-hydrogen) atoms. The molecular weight excluding hydrogens is 406 g/mol. The first-order valence-corrected chi connectivity index (χ1v) is 11.9. The first kappa shape index (κ1) is 21.0. The van der Waals surface area contributed by atoms with Gasteiger partial charge in [0.05, 0.1) is 29.8 Å². The second-order valence-electron chi connectivity index (χ2n) is 8.16. The highest BCUT2D eigenvalue weighted by atomic mass is 32.2. The second-order valence-corrected chi connectivity index (χ2v) is 10.1.